The Labute approximate surface area is 32.3 Å². The van der Waals surface area contributed by atoms with Crippen molar-refractivity contribution in [3.8, 4) is 0 Å². The molecule has 0 aromatic rings. The average molecular weight is 92.0 g/mol. The van der Waals surface area contributed by atoms with Gasteiger partial charge in [0.05, 0.1) is 6.35 Å². The van der Waals surface area contributed by atoms with Gasteiger partial charge in [-0.3, -0.25) is 0 Å². The number of hydrogen-bond acceptors (Lipinski definition) is 2. The van der Waals surface area contributed by atoms with Gasteiger partial charge in [0, 0.05) is 8.81 Å². The SMILES string of the molecule is C1OCPO1. The molecule has 0 amide bonds. The molecule has 0 aromatic heterocycles. The molecule has 0 aliphatic carbocycles. The summed E-state index contributed by atoms with van der Waals surface area (Å²) in [6.45, 7) is 0.512. The fourth-order valence-electron chi connectivity index (χ4n) is 0.208. The molecule has 0 spiro atoms. The van der Waals surface area contributed by atoms with Crippen LogP contribution in [0.4, 0.5) is 0 Å². The fraction of sp³-hybridized carbons (Fsp3) is 1.00. The molecule has 1 aliphatic rings. The van der Waals surface area contributed by atoms with Crippen LogP contribution in [0.3, 0.4) is 0 Å². The Kier molecular flexibility index (Phi) is 1.21. The second-order valence-electron chi connectivity index (χ2n) is 0.755. The van der Waals surface area contributed by atoms with E-state index in [1.165, 1.54) is 0 Å². The normalized spacial score (nSPS) is 28.8. The van der Waals surface area contributed by atoms with E-state index < -0.39 is 0 Å². The second-order valence-corrected chi connectivity index (χ2v) is 1.62. The molecule has 1 saturated heterocycles. The van der Waals surface area contributed by atoms with E-state index >= 15 is 0 Å². The lowest BCUT2D eigenvalue weighted by molar-refractivity contribution is 0.0933. The molecule has 5 heavy (non-hydrogen) atoms. The van der Waals surface area contributed by atoms with E-state index in [-0.39, 0.29) is 0 Å². The van der Waals surface area contributed by atoms with Crippen LogP contribution in [0, 0.1) is 0 Å². The Morgan fingerprint density at radius 3 is 2.80 bits per heavy atom. The Balaban J connectivity index is 2.08. The molecule has 1 aliphatic heterocycles. The Hall–Kier alpha value is 0.350. The third-order valence-electron chi connectivity index (χ3n) is 0.405. The lowest BCUT2D eigenvalue weighted by atomic mass is 11.4. The van der Waals surface area contributed by atoms with Crippen molar-refractivity contribution in [3.63, 3.8) is 0 Å². The molecule has 0 N–H and O–H groups in total. The zero-order valence-electron chi connectivity index (χ0n) is 2.73. The van der Waals surface area contributed by atoms with Crippen molar-refractivity contribution in [1.29, 1.82) is 0 Å². The molecule has 3 heteroatoms. The lowest BCUT2D eigenvalue weighted by Gasteiger charge is -1.75. The highest BCUT2D eigenvalue weighted by molar-refractivity contribution is 7.32. The first-order valence-corrected chi connectivity index (χ1v) is 2.54. The van der Waals surface area contributed by atoms with E-state index in [9.17, 15) is 0 Å². The minimum atomic E-state index is 0.512. The van der Waals surface area contributed by atoms with Crippen LogP contribution >= 0.6 is 8.81 Å². The van der Waals surface area contributed by atoms with E-state index in [2.05, 4.69) is 0 Å². The van der Waals surface area contributed by atoms with Gasteiger partial charge in [0.25, 0.3) is 0 Å². The van der Waals surface area contributed by atoms with Gasteiger partial charge in [-0.1, -0.05) is 0 Å². The molecule has 0 aromatic carbocycles. The van der Waals surface area contributed by atoms with Crippen molar-refractivity contribution in [3.05, 3.63) is 0 Å². The van der Waals surface area contributed by atoms with E-state index in [1.807, 2.05) is 0 Å². The molecular weight excluding hydrogens is 87.0 g/mol. The largest absolute Gasteiger partial charge is 0.349 e. The Morgan fingerprint density at radius 1 is 1.60 bits per heavy atom. The van der Waals surface area contributed by atoms with Gasteiger partial charge in [0.2, 0.25) is 0 Å². The zero-order valence-corrected chi connectivity index (χ0v) is 3.73. The van der Waals surface area contributed by atoms with Crippen molar-refractivity contribution in [2.75, 3.05) is 13.1 Å². The Morgan fingerprint density at radius 2 is 2.60 bits per heavy atom. The van der Waals surface area contributed by atoms with Crippen LogP contribution < -0.4 is 0 Å². The summed E-state index contributed by atoms with van der Waals surface area (Å²) in [5.41, 5.74) is 0. The van der Waals surface area contributed by atoms with Crippen LogP contribution in [0.25, 0.3) is 0 Å². The van der Waals surface area contributed by atoms with E-state index in [0.717, 1.165) is 6.35 Å². The summed E-state index contributed by atoms with van der Waals surface area (Å²) in [7, 11) is 0.586. The molecule has 0 bridgehead atoms. The zero-order chi connectivity index (χ0) is 3.54. The highest BCUT2D eigenvalue weighted by Crippen LogP contribution is 2.17. The van der Waals surface area contributed by atoms with Gasteiger partial charge in [-0.15, -0.1) is 0 Å². The lowest BCUT2D eigenvalue weighted by Crippen LogP contribution is -1.76. The minimum absolute atomic E-state index is 0.512. The van der Waals surface area contributed by atoms with Crippen LogP contribution in [0.2, 0.25) is 0 Å². The first kappa shape index (κ1) is 3.54. The summed E-state index contributed by atoms with van der Waals surface area (Å²) >= 11 is 0. The maximum Gasteiger partial charge on any atom is 0.150 e. The second kappa shape index (κ2) is 1.71. The summed E-state index contributed by atoms with van der Waals surface area (Å²) in [5, 5.41) is 0. The van der Waals surface area contributed by atoms with Gasteiger partial charge in [-0.25, -0.2) is 0 Å². The van der Waals surface area contributed by atoms with Crippen LogP contribution in [-0.4, -0.2) is 13.1 Å². The quantitative estimate of drug-likeness (QED) is 0.406. The number of rotatable bonds is 0. The van der Waals surface area contributed by atoms with Gasteiger partial charge in [-0.2, -0.15) is 0 Å². The predicted octanol–water partition coefficient (Wildman–Crippen LogP) is 0.542. The van der Waals surface area contributed by atoms with Crippen LogP contribution in [0.15, 0.2) is 0 Å². The van der Waals surface area contributed by atoms with Crippen LogP contribution in [0.5, 0.6) is 0 Å². The standard InChI is InChI=1S/C2H5O2P/c1-3-2-5-4-1/h5H,1-2H2. The smallest absolute Gasteiger partial charge is 0.150 e. The van der Waals surface area contributed by atoms with E-state index in [4.69, 9.17) is 9.26 Å². The molecule has 1 heterocycles. The van der Waals surface area contributed by atoms with Crippen molar-refractivity contribution in [2.45, 2.75) is 0 Å². The molecule has 1 atom stereocenters. The van der Waals surface area contributed by atoms with Gasteiger partial charge in [0.15, 0.2) is 6.79 Å². The number of ether oxygens (including phenoxy) is 1. The van der Waals surface area contributed by atoms with Crippen LogP contribution in [0.1, 0.15) is 0 Å². The van der Waals surface area contributed by atoms with Crippen molar-refractivity contribution < 1.29 is 9.26 Å². The molecular formula is C2H5O2P. The fourth-order valence-corrected chi connectivity index (χ4v) is 0.625. The minimum Gasteiger partial charge on any atom is -0.349 e. The molecule has 0 radical (unpaired) electrons. The molecule has 1 fully saturated rings. The maximum absolute atomic E-state index is 4.75. The molecule has 0 saturated carbocycles. The first-order valence-electron chi connectivity index (χ1n) is 1.42. The molecule has 30 valence electrons. The van der Waals surface area contributed by atoms with Gasteiger partial charge in [0.1, 0.15) is 0 Å². The molecule has 2 nitrogen and oxygen atoms in total. The van der Waals surface area contributed by atoms with Crippen molar-refractivity contribution in [1.82, 2.24) is 0 Å². The van der Waals surface area contributed by atoms with Gasteiger partial charge < -0.3 is 9.26 Å². The molecule has 1 rings (SSSR count). The molecule has 1 unspecified atom stereocenters. The van der Waals surface area contributed by atoms with E-state index in [1.54, 1.807) is 0 Å². The predicted molar refractivity (Wildman–Crippen MR) is 20.2 cm³/mol. The topological polar surface area (TPSA) is 18.5 Å². The summed E-state index contributed by atoms with van der Waals surface area (Å²) < 4.78 is 9.48. The third-order valence-corrected chi connectivity index (χ3v) is 1.05. The average Bonchev–Trinajstić information content (AvgIpc) is 1.76. The highest BCUT2D eigenvalue weighted by atomic mass is 31.1. The Bertz CT molecular complexity index is 19.2. The third kappa shape index (κ3) is 0.839. The highest BCUT2D eigenvalue weighted by Gasteiger charge is 1.94. The van der Waals surface area contributed by atoms with Gasteiger partial charge >= 0.3 is 0 Å². The van der Waals surface area contributed by atoms with Crippen molar-refractivity contribution in [2.24, 2.45) is 0 Å². The number of hydrogen-bond donors (Lipinski definition) is 0. The van der Waals surface area contributed by atoms with Crippen LogP contribution in [-0.2, 0) is 9.26 Å². The summed E-state index contributed by atoms with van der Waals surface area (Å²) in [6.07, 6.45) is 0.806. The first-order chi connectivity index (χ1) is 2.50. The van der Waals surface area contributed by atoms with Gasteiger partial charge in [-0.05, 0) is 0 Å². The van der Waals surface area contributed by atoms with E-state index in [0.29, 0.717) is 15.6 Å². The summed E-state index contributed by atoms with van der Waals surface area (Å²) in [6, 6.07) is 0. The monoisotopic (exact) mass is 92.0 g/mol. The summed E-state index contributed by atoms with van der Waals surface area (Å²) in [5.74, 6) is 0. The van der Waals surface area contributed by atoms with Crippen molar-refractivity contribution >= 4 is 8.81 Å². The maximum atomic E-state index is 4.75. The summed E-state index contributed by atoms with van der Waals surface area (Å²) in [4.78, 5) is 0.